The highest BCUT2D eigenvalue weighted by Gasteiger charge is 2.23. The van der Waals surface area contributed by atoms with Crippen molar-refractivity contribution < 1.29 is 23.8 Å². The van der Waals surface area contributed by atoms with Gasteiger partial charge in [0.1, 0.15) is 13.2 Å². The first-order valence-electron chi connectivity index (χ1n) is 9.08. The van der Waals surface area contributed by atoms with E-state index in [1.807, 2.05) is 0 Å². The molecule has 6 nitrogen and oxygen atoms in total. The minimum absolute atomic E-state index is 0.0296. The predicted molar refractivity (Wildman–Crippen MR) is 105 cm³/mol. The molecule has 1 unspecified atom stereocenters. The Hall–Kier alpha value is -2.73. The van der Waals surface area contributed by atoms with E-state index in [1.54, 1.807) is 56.3 Å². The lowest BCUT2D eigenvalue weighted by atomic mass is 10.0. The van der Waals surface area contributed by atoms with Gasteiger partial charge in [-0.2, -0.15) is 0 Å². The van der Waals surface area contributed by atoms with E-state index >= 15 is 0 Å². The van der Waals surface area contributed by atoms with E-state index in [9.17, 15) is 9.59 Å². The van der Waals surface area contributed by atoms with E-state index in [0.717, 1.165) is 0 Å². The molecule has 1 aliphatic heterocycles. The van der Waals surface area contributed by atoms with Crippen molar-refractivity contribution in [2.45, 2.75) is 32.4 Å². The van der Waals surface area contributed by atoms with Crippen LogP contribution in [0, 0.1) is 0 Å². The summed E-state index contributed by atoms with van der Waals surface area (Å²) in [6, 6.07) is 11.4. The number of nitrogens with one attached hydrogen (secondary N) is 1. The molecule has 0 aliphatic carbocycles. The van der Waals surface area contributed by atoms with Crippen molar-refractivity contribution in [2.24, 2.45) is 0 Å². The van der Waals surface area contributed by atoms with Gasteiger partial charge in [0.15, 0.2) is 11.5 Å². The summed E-state index contributed by atoms with van der Waals surface area (Å²) >= 11 is 6.29. The number of benzene rings is 2. The maximum absolute atomic E-state index is 12.8. The fourth-order valence-corrected chi connectivity index (χ4v) is 3.17. The molecule has 0 saturated heterocycles. The molecule has 7 heteroatoms. The van der Waals surface area contributed by atoms with Gasteiger partial charge in [0, 0.05) is 10.6 Å². The fraction of sp³-hybridized carbons (Fsp3) is 0.333. The number of carbonyl (C=O) groups excluding carboxylic acids is 2. The van der Waals surface area contributed by atoms with Crippen LogP contribution in [-0.2, 0) is 9.53 Å². The second kappa shape index (κ2) is 8.97. The molecule has 2 aromatic carbocycles. The van der Waals surface area contributed by atoms with Gasteiger partial charge in [-0.1, -0.05) is 29.8 Å². The van der Waals surface area contributed by atoms with Crippen LogP contribution in [-0.4, -0.2) is 31.2 Å². The summed E-state index contributed by atoms with van der Waals surface area (Å²) < 4.78 is 16.2. The van der Waals surface area contributed by atoms with Gasteiger partial charge >= 0.3 is 5.97 Å². The van der Waals surface area contributed by atoms with Crippen LogP contribution in [0.15, 0.2) is 42.5 Å². The number of hydrogen-bond donors (Lipinski definition) is 1. The largest absolute Gasteiger partial charge is 0.486 e. The van der Waals surface area contributed by atoms with Crippen molar-refractivity contribution >= 4 is 23.5 Å². The van der Waals surface area contributed by atoms with E-state index in [2.05, 4.69) is 5.32 Å². The quantitative estimate of drug-likeness (QED) is 0.740. The first-order chi connectivity index (χ1) is 13.4. The molecule has 148 valence electrons. The third kappa shape index (κ3) is 4.95. The first kappa shape index (κ1) is 20.0. The minimum Gasteiger partial charge on any atom is -0.486 e. The summed E-state index contributed by atoms with van der Waals surface area (Å²) in [6.45, 7) is 4.46. The number of esters is 1. The summed E-state index contributed by atoms with van der Waals surface area (Å²) in [7, 11) is 0. The molecule has 0 fully saturated rings. The van der Waals surface area contributed by atoms with Crippen LogP contribution in [0.25, 0.3) is 0 Å². The molecule has 1 atom stereocenters. The predicted octanol–water partition coefficient (Wildman–Crippen LogP) is 3.92. The van der Waals surface area contributed by atoms with Crippen molar-refractivity contribution in [2.75, 3.05) is 13.2 Å². The molecular formula is C21H22ClNO5. The van der Waals surface area contributed by atoms with Crippen LogP contribution in [0.3, 0.4) is 0 Å². The number of rotatable bonds is 6. The molecule has 0 saturated carbocycles. The molecular weight excluding hydrogens is 382 g/mol. The number of hydrogen-bond acceptors (Lipinski definition) is 5. The molecule has 0 radical (unpaired) electrons. The molecule has 1 heterocycles. The molecule has 0 aromatic heterocycles. The second-order valence-electron chi connectivity index (χ2n) is 6.65. The average Bonchev–Trinajstić information content (AvgIpc) is 2.66. The zero-order valence-corrected chi connectivity index (χ0v) is 16.5. The van der Waals surface area contributed by atoms with Gasteiger partial charge in [-0.05, 0) is 43.7 Å². The van der Waals surface area contributed by atoms with Gasteiger partial charge in [0.2, 0.25) is 0 Å². The number of amides is 1. The monoisotopic (exact) mass is 403 g/mol. The Morgan fingerprint density at radius 3 is 2.54 bits per heavy atom. The second-order valence-corrected chi connectivity index (χ2v) is 7.06. The highest BCUT2D eigenvalue weighted by molar-refractivity contribution is 6.31. The normalized spacial score (nSPS) is 13.7. The van der Waals surface area contributed by atoms with E-state index in [0.29, 0.717) is 40.9 Å². The molecule has 0 bridgehead atoms. The van der Waals surface area contributed by atoms with Crippen molar-refractivity contribution in [1.82, 2.24) is 5.32 Å². The Labute approximate surface area is 168 Å². The van der Waals surface area contributed by atoms with Crippen molar-refractivity contribution in [1.29, 1.82) is 0 Å². The van der Waals surface area contributed by atoms with Gasteiger partial charge < -0.3 is 19.5 Å². The Bertz CT molecular complexity index is 868. The van der Waals surface area contributed by atoms with Crippen LogP contribution >= 0.6 is 11.6 Å². The van der Waals surface area contributed by atoms with Gasteiger partial charge in [-0.25, -0.2) is 0 Å². The van der Waals surface area contributed by atoms with Crippen LogP contribution in [0.2, 0.25) is 5.02 Å². The molecule has 1 aliphatic rings. The molecule has 0 spiro atoms. The Morgan fingerprint density at radius 2 is 1.82 bits per heavy atom. The third-order valence-electron chi connectivity index (χ3n) is 4.13. The van der Waals surface area contributed by atoms with Crippen molar-refractivity contribution in [3.63, 3.8) is 0 Å². The van der Waals surface area contributed by atoms with Crippen LogP contribution in [0.1, 0.15) is 42.2 Å². The topological polar surface area (TPSA) is 73.9 Å². The van der Waals surface area contributed by atoms with Crippen LogP contribution in [0.5, 0.6) is 11.5 Å². The van der Waals surface area contributed by atoms with Crippen LogP contribution < -0.4 is 14.8 Å². The van der Waals surface area contributed by atoms with Gasteiger partial charge in [-0.15, -0.1) is 0 Å². The molecule has 3 rings (SSSR count). The number of ether oxygens (including phenoxy) is 3. The zero-order valence-electron chi connectivity index (χ0n) is 15.7. The summed E-state index contributed by atoms with van der Waals surface area (Å²) in [5, 5.41) is 3.35. The molecule has 2 aromatic rings. The van der Waals surface area contributed by atoms with Gasteiger partial charge in [0.25, 0.3) is 5.91 Å². The lowest BCUT2D eigenvalue weighted by Gasteiger charge is -2.22. The summed E-state index contributed by atoms with van der Waals surface area (Å²) in [4.78, 5) is 25.0. The molecule has 28 heavy (non-hydrogen) atoms. The molecule has 1 amide bonds. The van der Waals surface area contributed by atoms with E-state index in [-0.39, 0.29) is 18.4 Å². The highest BCUT2D eigenvalue weighted by Crippen LogP contribution is 2.31. The Balaban J connectivity index is 1.81. The number of halogens is 1. The first-order valence-corrected chi connectivity index (χ1v) is 9.46. The van der Waals surface area contributed by atoms with Crippen LogP contribution in [0.4, 0.5) is 0 Å². The zero-order chi connectivity index (χ0) is 20.1. The number of fused-ring (bicyclic) bond motifs is 1. The highest BCUT2D eigenvalue weighted by atomic mass is 35.5. The standard InChI is InChI=1S/C21H22ClNO5/c1-13(2)28-20(24)12-17(15-5-3-4-6-16(15)22)23-21(25)14-7-8-18-19(11-14)27-10-9-26-18/h3-8,11,13,17H,9-10,12H2,1-2H3,(H,23,25). The molecule has 1 N–H and O–H groups in total. The number of carbonyl (C=O) groups is 2. The summed E-state index contributed by atoms with van der Waals surface area (Å²) in [5.41, 5.74) is 1.05. The van der Waals surface area contributed by atoms with Gasteiger partial charge in [0.05, 0.1) is 18.6 Å². The maximum Gasteiger partial charge on any atom is 0.308 e. The maximum atomic E-state index is 12.8. The lowest BCUT2D eigenvalue weighted by molar-refractivity contribution is -0.147. The Morgan fingerprint density at radius 1 is 1.11 bits per heavy atom. The smallest absolute Gasteiger partial charge is 0.308 e. The fourth-order valence-electron chi connectivity index (χ4n) is 2.90. The summed E-state index contributed by atoms with van der Waals surface area (Å²) in [6.07, 6.45) is -0.272. The third-order valence-corrected chi connectivity index (χ3v) is 4.47. The Kier molecular flexibility index (Phi) is 6.41. The minimum atomic E-state index is -0.624. The summed E-state index contributed by atoms with van der Waals surface area (Å²) in [5.74, 6) is 0.361. The van der Waals surface area contributed by atoms with E-state index in [1.165, 1.54) is 0 Å². The van der Waals surface area contributed by atoms with Gasteiger partial charge in [-0.3, -0.25) is 9.59 Å². The SMILES string of the molecule is CC(C)OC(=O)CC(NC(=O)c1ccc2c(c1)OCCO2)c1ccccc1Cl. The van der Waals surface area contributed by atoms with Crippen molar-refractivity contribution in [3.8, 4) is 11.5 Å². The van der Waals surface area contributed by atoms with E-state index < -0.39 is 12.0 Å². The van der Waals surface area contributed by atoms with E-state index in [4.69, 9.17) is 25.8 Å². The van der Waals surface area contributed by atoms with Crippen molar-refractivity contribution in [3.05, 3.63) is 58.6 Å². The average molecular weight is 404 g/mol. The lowest BCUT2D eigenvalue weighted by Crippen LogP contribution is -2.31.